The molecule has 3 rings (SSSR count). The molecule has 2 heterocycles. The molecule has 1 aromatic carbocycles. The zero-order chi connectivity index (χ0) is 12.7. The fourth-order valence-corrected chi connectivity index (χ4v) is 2.11. The van der Waals surface area contributed by atoms with Gasteiger partial charge < -0.3 is 10.6 Å². The Bertz CT molecular complexity index is 624. The largest absolute Gasteiger partial charge is 0.337 e. The lowest BCUT2D eigenvalue weighted by atomic mass is 10.1. The van der Waals surface area contributed by atoms with E-state index in [1.807, 2.05) is 18.2 Å². The number of hydrogen-bond acceptors (Lipinski definition) is 4. The lowest BCUT2D eigenvalue weighted by molar-refractivity contribution is 0.0816. The minimum absolute atomic E-state index is 0. The highest BCUT2D eigenvalue weighted by Gasteiger charge is 2.24. The molecule has 0 saturated heterocycles. The van der Waals surface area contributed by atoms with Crippen LogP contribution < -0.4 is 5.73 Å². The summed E-state index contributed by atoms with van der Waals surface area (Å²) < 4.78 is 1.67. The quantitative estimate of drug-likeness (QED) is 0.838. The van der Waals surface area contributed by atoms with Gasteiger partial charge in [0.25, 0.3) is 5.91 Å². The highest BCUT2D eigenvalue weighted by molar-refractivity contribution is 5.98. The van der Waals surface area contributed by atoms with Crippen molar-refractivity contribution in [1.82, 2.24) is 19.9 Å². The molecule has 6 nitrogen and oxygen atoms in total. The number of benzene rings is 1. The average Bonchev–Trinajstić information content (AvgIpc) is 2.95. The Hall–Kier alpha value is -2.21. The second-order valence-corrected chi connectivity index (χ2v) is 4.36. The van der Waals surface area contributed by atoms with Crippen LogP contribution in [-0.4, -0.2) is 32.8 Å². The van der Waals surface area contributed by atoms with Gasteiger partial charge in [0, 0.05) is 27.1 Å². The van der Waals surface area contributed by atoms with Gasteiger partial charge in [-0.1, -0.05) is 5.21 Å². The van der Waals surface area contributed by atoms with Crippen molar-refractivity contribution in [1.29, 1.82) is 0 Å². The van der Waals surface area contributed by atoms with E-state index in [1.165, 1.54) is 0 Å². The second-order valence-electron chi connectivity index (χ2n) is 4.36. The van der Waals surface area contributed by atoms with E-state index in [4.69, 9.17) is 5.73 Å². The Morgan fingerprint density at radius 1 is 1.50 bits per heavy atom. The summed E-state index contributed by atoms with van der Waals surface area (Å²) in [5, 5.41) is 7.95. The molecular weight excluding hydrogens is 230 g/mol. The third kappa shape index (κ3) is 1.58. The molecule has 94 valence electrons. The molecule has 0 spiro atoms. The Balaban J connectivity index is 0.00000133. The third-order valence-electron chi connectivity index (χ3n) is 3.09. The van der Waals surface area contributed by atoms with Crippen molar-refractivity contribution in [3.63, 3.8) is 0 Å². The van der Waals surface area contributed by atoms with Crippen molar-refractivity contribution in [2.45, 2.75) is 13.1 Å². The van der Waals surface area contributed by atoms with Gasteiger partial charge in [0.05, 0.1) is 17.6 Å². The van der Waals surface area contributed by atoms with Crippen LogP contribution in [0.5, 0.6) is 0 Å². The van der Waals surface area contributed by atoms with Crippen molar-refractivity contribution in [3.8, 4) is 5.69 Å². The SMILES string of the molecule is CN1Cc2cc(-n3cc(CN)nn3)ccc2C1=O.[HH]. The zero-order valence-electron chi connectivity index (χ0n) is 10.00. The molecule has 6 heteroatoms. The maximum absolute atomic E-state index is 11.8. The molecule has 0 aliphatic carbocycles. The Kier molecular flexibility index (Phi) is 2.38. The molecular formula is C12H15N5O. The maximum Gasteiger partial charge on any atom is 0.254 e. The van der Waals surface area contributed by atoms with Crippen LogP contribution in [0.4, 0.5) is 0 Å². The number of carbonyl (C=O) groups is 1. The summed E-state index contributed by atoms with van der Waals surface area (Å²) in [4.78, 5) is 13.5. The van der Waals surface area contributed by atoms with E-state index in [0.29, 0.717) is 13.1 Å². The summed E-state index contributed by atoms with van der Waals surface area (Å²) in [6.45, 7) is 1.01. The number of hydrogen-bond donors (Lipinski definition) is 1. The van der Waals surface area contributed by atoms with Crippen molar-refractivity contribution < 1.29 is 6.22 Å². The molecule has 0 unspecified atom stereocenters. The first-order valence-corrected chi connectivity index (χ1v) is 5.69. The van der Waals surface area contributed by atoms with E-state index in [2.05, 4.69) is 10.3 Å². The topological polar surface area (TPSA) is 77.0 Å². The summed E-state index contributed by atoms with van der Waals surface area (Å²) in [7, 11) is 1.80. The Morgan fingerprint density at radius 2 is 2.33 bits per heavy atom. The molecule has 1 aliphatic rings. The predicted octanol–water partition coefficient (Wildman–Crippen LogP) is 0.558. The molecule has 1 amide bonds. The van der Waals surface area contributed by atoms with Crippen molar-refractivity contribution >= 4 is 5.91 Å². The maximum atomic E-state index is 11.8. The first kappa shape index (κ1) is 10.9. The second kappa shape index (κ2) is 3.92. The standard InChI is InChI=1S/C12H13N5O.H2/c1-16-6-8-4-10(2-3-11(8)12(16)18)17-7-9(5-13)14-15-17;/h2-4,7H,5-6,13H2,1H3;1H. The summed E-state index contributed by atoms with van der Waals surface area (Å²) in [6.07, 6.45) is 1.79. The van der Waals surface area contributed by atoms with Crippen LogP contribution in [0.2, 0.25) is 0 Å². The molecule has 0 atom stereocenters. The number of rotatable bonds is 2. The molecule has 2 aromatic rings. The highest BCUT2D eigenvalue weighted by atomic mass is 16.2. The van der Waals surface area contributed by atoms with E-state index >= 15 is 0 Å². The summed E-state index contributed by atoms with van der Waals surface area (Å²) >= 11 is 0. The van der Waals surface area contributed by atoms with Crippen LogP contribution >= 0.6 is 0 Å². The van der Waals surface area contributed by atoms with Crippen LogP contribution in [0.1, 0.15) is 23.0 Å². The summed E-state index contributed by atoms with van der Waals surface area (Å²) in [5.41, 5.74) is 8.92. The van der Waals surface area contributed by atoms with Gasteiger partial charge in [0.15, 0.2) is 0 Å². The van der Waals surface area contributed by atoms with Crippen molar-refractivity contribution in [2.24, 2.45) is 5.73 Å². The molecule has 2 N–H and O–H groups in total. The number of amides is 1. The van der Waals surface area contributed by atoms with Gasteiger partial charge in [-0.25, -0.2) is 4.68 Å². The molecule has 1 aromatic heterocycles. The van der Waals surface area contributed by atoms with Gasteiger partial charge in [0.1, 0.15) is 0 Å². The van der Waals surface area contributed by atoms with Gasteiger partial charge >= 0.3 is 0 Å². The lowest BCUT2D eigenvalue weighted by Gasteiger charge is -2.04. The molecule has 0 radical (unpaired) electrons. The number of carbonyl (C=O) groups excluding carboxylic acids is 1. The van der Waals surface area contributed by atoms with E-state index < -0.39 is 0 Å². The van der Waals surface area contributed by atoms with Crippen LogP contribution in [-0.2, 0) is 13.1 Å². The number of nitrogens with zero attached hydrogens (tertiary/aromatic N) is 4. The first-order chi connectivity index (χ1) is 8.69. The smallest absolute Gasteiger partial charge is 0.254 e. The van der Waals surface area contributed by atoms with Crippen LogP contribution in [0.25, 0.3) is 5.69 Å². The monoisotopic (exact) mass is 245 g/mol. The summed E-state index contributed by atoms with van der Waals surface area (Å²) in [5.74, 6) is 0.0674. The third-order valence-corrected chi connectivity index (χ3v) is 3.09. The average molecular weight is 245 g/mol. The lowest BCUT2D eigenvalue weighted by Crippen LogP contribution is -2.17. The van der Waals surface area contributed by atoms with Crippen LogP contribution in [0, 0.1) is 0 Å². The summed E-state index contributed by atoms with van der Waals surface area (Å²) in [6, 6.07) is 5.66. The number of aromatic nitrogens is 3. The predicted molar refractivity (Wildman–Crippen MR) is 67.2 cm³/mol. The van der Waals surface area contributed by atoms with Gasteiger partial charge in [-0.3, -0.25) is 4.79 Å². The van der Waals surface area contributed by atoms with Gasteiger partial charge in [-0.15, -0.1) is 5.10 Å². The fraction of sp³-hybridized carbons (Fsp3) is 0.250. The highest BCUT2D eigenvalue weighted by Crippen LogP contribution is 2.23. The van der Waals surface area contributed by atoms with Crippen molar-refractivity contribution in [3.05, 3.63) is 41.2 Å². The minimum atomic E-state index is 0. The van der Waals surface area contributed by atoms with E-state index in [9.17, 15) is 4.79 Å². The zero-order valence-corrected chi connectivity index (χ0v) is 10.00. The van der Waals surface area contributed by atoms with Crippen LogP contribution in [0.15, 0.2) is 24.4 Å². The molecule has 18 heavy (non-hydrogen) atoms. The fourth-order valence-electron chi connectivity index (χ4n) is 2.11. The molecule has 0 fully saturated rings. The first-order valence-electron chi connectivity index (χ1n) is 5.69. The molecule has 1 aliphatic heterocycles. The normalized spacial score (nSPS) is 14.1. The van der Waals surface area contributed by atoms with Gasteiger partial charge in [-0.2, -0.15) is 0 Å². The van der Waals surface area contributed by atoms with Crippen LogP contribution in [0.3, 0.4) is 0 Å². The van der Waals surface area contributed by atoms with Gasteiger partial charge in [-0.05, 0) is 23.8 Å². The minimum Gasteiger partial charge on any atom is -0.337 e. The van der Waals surface area contributed by atoms with E-state index in [1.54, 1.807) is 22.8 Å². The molecule has 0 bridgehead atoms. The Labute approximate surface area is 105 Å². The van der Waals surface area contributed by atoms with Gasteiger partial charge in [0.2, 0.25) is 0 Å². The number of nitrogens with two attached hydrogens (primary N) is 1. The van der Waals surface area contributed by atoms with Crippen molar-refractivity contribution in [2.75, 3.05) is 7.05 Å². The molecule has 0 saturated carbocycles. The van der Waals surface area contributed by atoms with E-state index in [-0.39, 0.29) is 7.33 Å². The Morgan fingerprint density at radius 3 is 3.06 bits per heavy atom. The van der Waals surface area contributed by atoms with E-state index in [0.717, 1.165) is 22.5 Å². The number of fused-ring (bicyclic) bond motifs is 1.